The first-order chi connectivity index (χ1) is 6.63. The lowest BCUT2D eigenvalue weighted by Crippen LogP contribution is -2.08. The molecule has 0 bridgehead atoms. The highest BCUT2D eigenvalue weighted by Crippen LogP contribution is 2.18. The maximum Gasteiger partial charge on any atom is 0.310 e. The van der Waals surface area contributed by atoms with Crippen molar-refractivity contribution in [3.63, 3.8) is 0 Å². The standard InChI is InChI=1S/C10H10ClIO2/c1-2-14-10(13)5-7-3-4-8(11)6-9(7)12/h3-4,6H,2,5H2,1H3. The zero-order valence-corrected chi connectivity index (χ0v) is 10.6. The molecule has 0 amide bonds. The molecule has 2 nitrogen and oxygen atoms in total. The summed E-state index contributed by atoms with van der Waals surface area (Å²) in [5, 5.41) is 0.682. The summed E-state index contributed by atoms with van der Waals surface area (Å²) in [5.41, 5.74) is 0.952. The average molecular weight is 325 g/mol. The van der Waals surface area contributed by atoms with Crippen LogP contribution in [0.2, 0.25) is 5.02 Å². The lowest BCUT2D eigenvalue weighted by molar-refractivity contribution is -0.142. The van der Waals surface area contributed by atoms with Gasteiger partial charge in [-0.05, 0) is 47.2 Å². The summed E-state index contributed by atoms with van der Waals surface area (Å²) in [6.07, 6.45) is 0.309. The molecule has 1 aromatic carbocycles. The number of benzene rings is 1. The van der Waals surface area contributed by atoms with E-state index in [2.05, 4.69) is 22.6 Å². The van der Waals surface area contributed by atoms with Crippen molar-refractivity contribution < 1.29 is 9.53 Å². The fraction of sp³-hybridized carbons (Fsp3) is 0.300. The Balaban J connectivity index is 2.72. The van der Waals surface area contributed by atoms with Gasteiger partial charge in [-0.1, -0.05) is 17.7 Å². The predicted octanol–water partition coefficient (Wildman–Crippen LogP) is 3.05. The molecular weight excluding hydrogens is 314 g/mol. The van der Waals surface area contributed by atoms with Crippen LogP contribution in [0.25, 0.3) is 0 Å². The van der Waals surface area contributed by atoms with Gasteiger partial charge in [0.1, 0.15) is 0 Å². The van der Waals surface area contributed by atoms with E-state index in [0.29, 0.717) is 18.1 Å². The van der Waals surface area contributed by atoms with Gasteiger partial charge in [0.25, 0.3) is 0 Å². The van der Waals surface area contributed by atoms with Gasteiger partial charge in [0.15, 0.2) is 0 Å². The molecule has 0 spiro atoms. The van der Waals surface area contributed by atoms with Crippen LogP contribution in [0.1, 0.15) is 12.5 Å². The maximum atomic E-state index is 11.2. The highest BCUT2D eigenvalue weighted by molar-refractivity contribution is 14.1. The zero-order chi connectivity index (χ0) is 10.6. The lowest BCUT2D eigenvalue weighted by atomic mass is 10.1. The Morgan fingerprint density at radius 1 is 1.57 bits per heavy atom. The first-order valence-corrected chi connectivity index (χ1v) is 5.68. The van der Waals surface area contributed by atoms with E-state index in [4.69, 9.17) is 16.3 Å². The van der Waals surface area contributed by atoms with Gasteiger partial charge in [-0.3, -0.25) is 4.79 Å². The molecule has 0 heterocycles. The number of rotatable bonds is 3. The molecule has 0 saturated heterocycles. The summed E-state index contributed by atoms with van der Waals surface area (Å²) < 4.78 is 5.84. The molecule has 0 fully saturated rings. The molecule has 0 saturated carbocycles. The van der Waals surface area contributed by atoms with Crippen LogP contribution in [-0.4, -0.2) is 12.6 Å². The molecular formula is C10H10ClIO2. The van der Waals surface area contributed by atoms with Crippen molar-refractivity contribution in [1.29, 1.82) is 0 Å². The highest BCUT2D eigenvalue weighted by atomic mass is 127. The van der Waals surface area contributed by atoms with Crippen molar-refractivity contribution in [3.05, 3.63) is 32.4 Å². The quantitative estimate of drug-likeness (QED) is 0.631. The summed E-state index contributed by atoms with van der Waals surface area (Å²) in [6.45, 7) is 2.22. The van der Waals surface area contributed by atoms with Crippen molar-refractivity contribution in [2.75, 3.05) is 6.61 Å². The molecule has 14 heavy (non-hydrogen) atoms. The number of halogens is 2. The van der Waals surface area contributed by atoms with Gasteiger partial charge in [0.05, 0.1) is 13.0 Å². The molecule has 4 heteroatoms. The van der Waals surface area contributed by atoms with Crippen molar-refractivity contribution in [3.8, 4) is 0 Å². The number of carbonyl (C=O) groups is 1. The van der Waals surface area contributed by atoms with E-state index in [1.807, 2.05) is 12.1 Å². The second kappa shape index (κ2) is 5.56. The summed E-state index contributed by atoms with van der Waals surface area (Å²) in [6, 6.07) is 5.45. The van der Waals surface area contributed by atoms with Crippen molar-refractivity contribution in [2.24, 2.45) is 0 Å². The molecule has 0 aliphatic carbocycles. The minimum Gasteiger partial charge on any atom is -0.466 e. The van der Waals surface area contributed by atoms with Gasteiger partial charge in [-0.25, -0.2) is 0 Å². The van der Waals surface area contributed by atoms with Crippen LogP contribution in [-0.2, 0) is 16.0 Å². The fourth-order valence-electron chi connectivity index (χ4n) is 1.03. The average Bonchev–Trinajstić information content (AvgIpc) is 2.10. The van der Waals surface area contributed by atoms with Crippen LogP contribution in [0.4, 0.5) is 0 Å². The van der Waals surface area contributed by atoms with Gasteiger partial charge < -0.3 is 4.74 Å². The van der Waals surface area contributed by atoms with Gasteiger partial charge in [0.2, 0.25) is 0 Å². The Morgan fingerprint density at radius 3 is 2.86 bits per heavy atom. The van der Waals surface area contributed by atoms with Crippen molar-refractivity contribution in [2.45, 2.75) is 13.3 Å². The molecule has 1 aromatic rings. The van der Waals surface area contributed by atoms with Gasteiger partial charge >= 0.3 is 5.97 Å². The zero-order valence-electron chi connectivity index (χ0n) is 7.72. The minimum absolute atomic E-state index is 0.201. The highest BCUT2D eigenvalue weighted by Gasteiger charge is 2.07. The second-order valence-corrected chi connectivity index (χ2v) is 4.32. The van der Waals surface area contributed by atoms with Crippen LogP contribution in [0.15, 0.2) is 18.2 Å². The Hall–Kier alpha value is -0.290. The Kier molecular flexibility index (Phi) is 4.68. The van der Waals surface area contributed by atoms with E-state index in [1.165, 1.54) is 0 Å². The number of esters is 1. The fourth-order valence-corrected chi connectivity index (χ4v) is 2.09. The van der Waals surface area contributed by atoms with Crippen LogP contribution < -0.4 is 0 Å². The first-order valence-electron chi connectivity index (χ1n) is 4.23. The summed E-state index contributed by atoms with van der Waals surface area (Å²) >= 11 is 7.95. The Labute approximate surface area is 102 Å². The Bertz CT molecular complexity index is 339. The number of hydrogen-bond donors (Lipinski definition) is 0. The number of ether oxygens (including phenoxy) is 1. The van der Waals surface area contributed by atoms with E-state index < -0.39 is 0 Å². The predicted molar refractivity (Wildman–Crippen MR) is 64.5 cm³/mol. The molecule has 76 valence electrons. The third-order valence-corrected chi connectivity index (χ3v) is 2.89. The molecule has 0 unspecified atom stereocenters. The third-order valence-electron chi connectivity index (χ3n) is 1.66. The maximum absolute atomic E-state index is 11.2. The molecule has 1 rings (SSSR count). The van der Waals surface area contributed by atoms with E-state index >= 15 is 0 Å². The van der Waals surface area contributed by atoms with Gasteiger partial charge in [-0.2, -0.15) is 0 Å². The molecule has 0 aliphatic heterocycles. The van der Waals surface area contributed by atoms with E-state index in [1.54, 1.807) is 13.0 Å². The van der Waals surface area contributed by atoms with Crippen LogP contribution in [0.3, 0.4) is 0 Å². The van der Waals surface area contributed by atoms with Crippen LogP contribution >= 0.6 is 34.2 Å². The van der Waals surface area contributed by atoms with E-state index in [-0.39, 0.29) is 5.97 Å². The largest absolute Gasteiger partial charge is 0.466 e. The minimum atomic E-state index is -0.201. The monoisotopic (exact) mass is 324 g/mol. The first kappa shape index (κ1) is 11.8. The normalized spacial score (nSPS) is 9.93. The lowest BCUT2D eigenvalue weighted by Gasteiger charge is -2.04. The molecule has 0 N–H and O–H groups in total. The van der Waals surface area contributed by atoms with Gasteiger partial charge in [0, 0.05) is 8.59 Å². The summed E-state index contributed by atoms with van der Waals surface area (Å²) in [5.74, 6) is -0.201. The third kappa shape index (κ3) is 3.46. The molecule has 0 atom stereocenters. The summed E-state index contributed by atoms with van der Waals surface area (Å²) in [4.78, 5) is 11.2. The number of carbonyl (C=O) groups excluding carboxylic acids is 1. The van der Waals surface area contributed by atoms with E-state index in [9.17, 15) is 4.79 Å². The second-order valence-electron chi connectivity index (χ2n) is 2.72. The SMILES string of the molecule is CCOC(=O)Cc1ccc(Cl)cc1I. The van der Waals surface area contributed by atoms with Crippen molar-refractivity contribution >= 4 is 40.2 Å². The van der Waals surface area contributed by atoms with Crippen LogP contribution in [0.5, 0.6) is 0 Å². The Morgan fingerprint density at radius 2 is 2.29 bits per heavy atom. The number of hydrogen-bond acceptors (Lipinski definition) is 2. The molecule has 0 radical (unpaired) electrons. The molecule has 0 aromatic heterocycles. The van der Waals surface area contributed by atoms with Gasteiger partial charge in [-0.15, -0.1) is 0 Å². The smallest absolute Gasteiger partial charge is 0.310 e. The molecule has 0 aliphatic rings. The van der Waals surface area contributed by atoms with Crippen LogP contribution in [0, 0.1) is 3.57 Å². The topological polar surface area (TPSA) is 26.3 Å². The summed E-state index contributed by atoms with van der Waals surface area (Å²) in [7, 11) is 0. The van der Waals surface area contributed by atoms with Crippen molar-refractivity contribution in [1.82, 2.24) is 0 Å². The van der Waals surface area contributed by atoms with E-state index in [0.717, 1.165) is 9.13 Å².